The third-order valence-electron chi connectivity index (χ3n) is 3.64. The minimum atomic E-state index is -4.05. The van der Waals surface area contributed by atoms with Crippen molar-refractivity contribution >= 4 is 25.6 Å². The van der Waals surface area contributed by atoms with E-state index in [1.165, 1.54) is 6.92 Å². The van der Waals surface area contributed by atoms with E-state index >= 15 is 0 Å². The Labute approximate surface area is 121 Å². The summed E-state index contributed by atoms with van der Waals surface area (Å²) in [7, 11) is 1.30. The molecule has 0 spiro atoms. The number of hydrogen-bond acceptors (Lipinski definition) is 5. The van der Waals surface area contributed by atoms with Gasteiger partial charge in [0.15, 0.2) is 5.69 Å². The lowest BCUT2D eigenvalue weighted by Gasteiger charge is -2.28. The van der Waals surface area contributed by atoms with Crippen molar-refractivity contribution < 1.29 is 17.9 Å². The number of carbonyl (C=O) groups excluding carboxylic acids is 1. The fraction of sp³-hybridized carbons (Fsp3) is 0.636. The third kappa shape index (κ3) is 2.68. The van der Waals surface area contributed by atoms with Crippen molar-refractivity contribution in [1.29, 1.82) is 0 Å². The molecule has 0 radical (unpaired) electrons. The average molecular weight is 322 g/mol. The fourth-order valence-electron chi connectivity index (χ4n) is 2.19. The number of hydrogen-bond donors (Lipinski definition) is 2. The lowest BCUT2D eigenvalue weighted by atomic mass is 9.94. The maximum absolute atomic E-state index is 12.3. The lowest BCUT2D eigenvalue weighted by Crippen LogP contribution is -2.50. The number of aryl methyl sites for hydroxylation is 1. The lowest BCUT2D eigenvalue weighted by molar-refractivity contribution is 0.0722. The van der Waals surface area contributed by atoms with Crippen molar-refractivity contribution in [2.24, 2.45) is 0 Å². The maximum Gasteiger partial charge on any atom is 0.273 e. The molecule has 2 unspecified atom stereocenters. The Bertz CT molecular complexity index is 642. The number of aromatic nitrogens is 2. The van der Waals surface area contributed by atoms with Crippen LogP contribution in [0.3, 0.4) is 0 Å². The predicted octanol–water partition coefficient (Wildman–Crippen LogP) is 0.943. The molecule has 2 heterocycles. The van der Waals surface area contributed by atoms with Crippen molar-refractivity contribution in [1.82, 2.24) is 15.5 Å². The van der Waals surface area contributed by atoms with Crippen LogP contribution < -0.4 is 5.32 Å². The smallest absolute Gasteiger partial charge is 0.273 e. The molecule has 2 atom stereocenters. The summed E-state index contributed by atoms with van der Waals surface area (Å²) in [6.45, 7) is 5.72. The van der Waals surface area contributed by atoms with E-state index in [0.29, 0.717) is 13.0 Å². The first-order valence-corrected chi connectivity index (χ1v) is 8.40. The number of nitrogens with one attached hydrogen (secondary N) is 2. The van der Waals surface area contributed by atoms with Crippen LogP contribution in [0.5, 0.6) is 0 Å². The molecule has 7 nitrogen and oxygen atoms in total. The average Bonchev–Trinajstić information content (AvgIpc) is 2.83. The highest BCUT2D eigenvalue weighted by molar-refractivity contribution is 8.13. The van der Waals surface area contributed by atoms with Crippen molar-refractivity contribution in [3.05, 3.63) is 11.4 Å². The van der Waals surface area contributed by atoms with Gasteiger partial charge >= 0.3 is 0 Å². The molecule has 1 aromatic heterocycles. The molecule has 20 heavy (non-hydrogen) atoms. The van der Waals surface area contributed by atoms with Crippen LogP contribution in [0.4, 0.5) is 0 Å². The Morgan fingerprint density at radius 2 is 2.25 bits per heavy atom. The molecule has 2 N–H and O–H groups in total. The van der Waals surface area contributed by atoms with Crippen LogP contribution in [0.1, 0.15) is 36.5 Å². The Balaban J connectivity index is 2.32. The van der Waals surface area contributed by atoms with E-state index in [1.54, 1.807) is 0 Å². The number of carbonyl (C=O) groups is 1. The Morgan fingerprint density at radius 1 is 1.60 bits per heavy atom. The van der Waals surface area contributed by atoms with Gasteiger partial charge in [-0.3, -0.25) is 9.89 Å². The highest BCUT2D eigenvalue weighted by Crippen LogP contribution is 2.27. The van der Waals surface area contributed by atoms with Gasteiger partial charge in [0.25, 0.3) is 15.0 Å². The monoisotopic (exact) mass is 321 g/mol. The van der Waals surface area contributed by atoms with E-state index in [2.05, 4.69) is 15.5 Å². The van der Waals surface area contributed by atoms with Crippen LogP contribution in [0.15, 0.2) is 4.90 Å². The SMILES string of the molecule is Cc1[nH]nc(C(=O)NC2(C)CCOC2C)c1S(=O)(=O)Cl. The first-order valence-electron chi connectivity index (χ1n) is 6.09. The number of aromatic amines is 1. The molecule has 0 aliphatic carbocycles. The summed E-state index contributed by atoms with van der Waals surface area (Å²) in [5.41, 5.74) is -0.555. The molecule has 1 saturated heterocycles. The van der Waals surface area contributed by atoms with Gasteiger partial charge in [0.05, 0.1) is 17.3 Å². The van der Waals surface area contributed by atoms with Gasteiger partial charge < -0.3 is 10.1 Å². The van der Waals surface area contributed by atoms with Gasteiger partial charge in [-0.15, -0.1) is 0 Å². The summed E-state index contributed by atoms with van der Waals surface area (Å²) >= 11 is 0. The highest BCUT2D eigenvalue weighted by Gasteiger charge is 2.40. The highest BCUT2D eigenvalue weighted by atomic mass is 35.7. The molecule has 112 valence electrons. The first-order chi connectivity index (χ1) is 9.15. The number of ether oxygens (including phenoxy) is 1. The molecule has 1 amide bonds. The van der Waals surface area contributed by atoms with E-state index in [1.807, 2.05) is 13.8 Å². The zero-order valence-electron chi connectivity index (χ0n) is 11.4. The Kier molecular flexibility index (Phi) is 3.83. The van der Waals surface area contributed by atoms with Gasteiger partial charge in [-0.05, 0) is 27.2 Å². The van der Waals surface area contributed by atoms with Crippen molar-refractivity contribution in [2.75, 3.05) is 6.61 Å². The number of amides is 1. The van der Waals surface area contributed by atoms with Gasteiger partial charge in [-0.1, -0.05) is 0 Å². The molecular formula is C11H16ClN3O4S. The quantitative estimate of drug-likeness (QED) is 0.807. The van der Waals surface area contributed by atoms with E-state index < -0.39 is 20.5 Å². The molecule has 1 aliphatic rings. The van der Waals surface area contributed by atoms with Crippen LogP contribution >= 0.6 is 10.7 Å². The van der Waals surface area contributed by atoms with E-state index in [-0.39, 0.29) is 22.4 Å². The van der Waals surface area contributed by atoms with Crippen LogP contribution in [0.25, 0.3) is 0 Å². The van der Waals surface area contributed by atoms with Crippen molar-refractivity contribution in [3.63, 3.8) is 0 Å². The standard InChI is InChI=1S/C11H16ClN3O4S/c1-6-9(20(12,17)18)8(15-14-6)10(16)13-11(3)4-5-19-7(11)2/h7H,4-5H2,1-3H3,(H,13,16)(H,14,15). The summed E-state index contributed by atoms with van der Waals surface area (Å²) in [5, 5.41) is 8.98. The maximum atomic E-state index is 12.3. The summed E-state index contributed by atoms with van der Waals surface area (Å²) < 4.78 is 28.5. The summed E-state index contributed by atoms with van der Waals surface area (Å²) in [6, 6.07) is 0. The first kappa shape index (κ1) is 15.3. The molecular weight excluding hydrogens is 306 g/mol. The van der Waals surface area contributed by atoms with Gasteiger partial charge in [0.2, 0.25) is 0 Å². The predicted molar refractivity (Wildman–Crippen MR) is 72.3 cm³/mol. The second kappa shape index (κ2) is 5.01. The summed E-state index contributed by atoms with van der Waals surface area (Å²) in [6.07, 6.45) is 0.481. The minimum absolute atomic E-state index is 0.164. The van der Waals surface area contributed by atoms with Gasteiger partial charge in [-0.2, -0.15) is 5.10 Å². The Hall–Kier alpha value is -1.12. The largest absolute Gasteiger partial charge is 0.376 e. The van der Waals surface area contributed by atoms with Gasteiger partial charge in [-0.25, -0.2) is 8.42 Å². The Morgan fingerprint density at radius 3 is 2.75 bits per heavy atom. The minimum Gasteiger partial charge on any atom is -0.376 e. The van der Waals surface area contributed by atoms with Gasteiger partial charge in [0, 0.05) is 17.3 Å². The van der Waals surface area contributed by atoms with Crippen LogP contribution in [0, 0.1) is 6.92 Å². The number of H-pyrrole nitrogens is 1. The second-order valence-electron chi connectivity index (χ2n) is 5.10. The molecule has 0 bridgehead atoms. The van der Waals surface area contributed by atoms with Crippen LogP contribution in [0.2, 0.25) is 0 Å². The third-order valence-corrected chi connectivity index (χ3v) is 5.09. The van der Waals surface area contributed by atoms with Gasteiger partial charge in [0.1, 0.15) is 4.90 Å². The van der Waals surface area contributed by atoms with Crippen LogP contribution in [-0.4, -0.2) is 42.8 Å². The zero-order valence-corrected chi connectivity index (χ0v) is 12.9. The van der Waals surface area contributed by atoms with E-state index in [4.69, 9.17) is 15.4 Å². The topological polar surface area (TPSA) is 101 Å². The molecule has 0 aromatic carbocycles. The second-order valence-corrected chi connectivity index (χ2v) is 7.60. The van der Waals surface area contributed by atoms with Crippen LogP contribution in [-0.2, 0) is 13.8 Å². The fourth-order valence-corrected chi connectivity index (χ4v) is 3.54. The van der Waals surface area contributed by atoms with Crippen molar-refractivity contribution in [2.45, 2.75) is 43.7 Å². The molecule has 9 heteroatoms. The number of halogens is 1. The molecule has 2 rings (SSSR count). The van der Waals surface area contributed by atoms with Crippen molar-refractivity contribution in [3.8, 4) is 0 Å². The molecule has 1 aliphatic heterocycles. The molecule has 1 aromatic rings. The molecule has 1 fully saturated rings. The number of nitrogens with zero attached hydrogens (tertiary/aromatic N) is 1. The zero-order chi connectivity index (χ0) is 15.1. The summed E-state index contributed by atoms with van der Waals surface area (Å²) in [4.78, 5) is 12.0. The summed E-state index contributed by atoms with van der Waals surface area (Å²) in [5.74, 6) is -0.589. The normalized spacial score (nSPS) is 26.7. The number of rotatable bonds is 3. The molecule has 0 saturated carbocycles. The van der Waals surface area contributed by atoms with E-state index in [0.717, 1.165) is 0 Å². The van der Waals surface area contributed by atoms with E-state index in [9.17, 15) is 13.2 Å².